The summed E-state index contributed by atoms with van der Waals surface area (Å²) in [6.45, 7) is 2.39. The van der Waals surface area contributed by atoms with Crippen LogP contribution in [0, 0.1) is 11.6 Å². The predicted octanol–water partition coefficient (Wildman–Crippen LogP) is 1.55. The van der Waals surface area contributed by atoms with Crippen LogP contribution in [0.4, 0.5) is 14.5 Å². The van der Waals surface area contributed by atoms with Gasteiger partial charge in [-0.3, -0.25) is 14.4 Å². The van der Waals surface area contributed by atoms with Crippen molar-refractivity contribution >= 4 is 23.4 Å². The smallest absolute Gasteiger partial charge is 0.276 e. The highest BCUT2D eigenvalue weighted by Crippen LogP contribution is 2.38. The quantitative estimate of drug-likeness (QED) is 0.627. The zero-order valence-electron chi connectivity index (χ0n) is 17.7. The van der Waals surface area contributed by atoms with E-state index < -0.39 is 29.0 Å². The molecule has 11 heteroatoms. The number of carbonyl (C=O) groups is 3. The van der Waals surface area contributed by atoms with Gasteiger partial charge in [0.2, 0.25) is 5.91 Å². The number of nitrogens with zero attached hydrogens (tertiary/aromatic N) is 3. The monoisotopic (exact) mass is 447 g/mol. The normalized spacial score (nSPS) is 20.1. The summed E-state index contributed by atoms with van der Waals surface area (Å²) in [5.74, 6) is -3.23. The fourth-order valence-electron chi connectivity index (χ4n) is 3.95. The molecule has 1 atom stereocenters. The Labute approximate surface area is 182 Å². The molecule has 0 radical (unpaired) electrons. The van der Waals surface area contributed by atoms with Crippen LogP contribution in [0.5, 0.6) is 0 Å². The molecule has 2 aliphatic rings. The van der Waals surface area contributed by atoms with Crippen LogP contribution in [0.15, 0.2) is 24.5 Å². The van der Waals surface area contributed by atoms with E-state index in [1.165, 1.54) is 22.9 Å². The van der Waals surface area contributed by atoms with Gasteiger partial charge in [0.15, 0.2) is 5.69 Å². The number of anilines is 1. The van der Waals surface area contributed by atoms with E-state index in [-0.39, 0.29) is 35.6 Å². The summed E-state index contributed by atoms with van der Waals surface area (Å²) < 4.78 is 33.8. The van der Waals surface area contributed by atoms with Gasteiger partial charge < -0.3 is 24.8 Å². The van der Waals surface area contributed by atoms with Crippen molar-refractivity contribution in [3.63, 3.8) is 0 Å². The second-order valence-corrected chi connectivity index (χ2v) is 8.08. The maximum atomic E-state index is 13.9. The third-order valence-corrected chi connectivity index (χ3v) is 5.65. The number of hydrogen-bond donors (Lipinski definition) is 2. The molecule has 1 aromatic carbocycles. The number of nitrogens with one attached hydrogen (secondary N) is 2. The van der Waals surface area contributed by atoms with Gasteiger partial charge in [-0.15, -0.1) is 0 Å². The molecule has 2 heterocycles. The summed E-state index contributed by atoms with van der Waals surface area (Å²) in [4.78, 5) is 44.8. The Morgan fingerprint density at radius 2 is 2.06 bits per heavy atom. The molecule has 1 aliphatic heterocycles. The Hall–Kier alpha value is -3.34. The van der Waals surface area contributed by atoms with E-state index in [0.717, 1.165) is 31.0 Å². The molecule has 1 fully saturated rings. The standard InChI is InChI=1S/C21H23F2N5O4/c1-21(20(31)24-7-8-32-2)10-27-11-25-16(17(27)19(30)28(21)13-4-5-13)18(29)26-15-9-12(22)3-6-14(15)23/h3,6,9,11,13H,4-5,7-8,10H2,1-2H3,(H,24,31)(H,26,29)/t21-/m0/s1. The van der Waals surface area contributed by atoms with E-state index in [4.69, 9.17) is 4.74 Å². The molecule has 32 heavy (non-hydrogen) atoms. The summed E-state index contributed by atoms with van der Waals surface area (Å²) >= 11 is 0. The molecule has 170 valence electrons. The molecule has 1 aromatic heterocycles. The van der Waals surface area contributed by atoms with E-state index in [1.54, 1.807) is 6.92 Å². The number of methoxy groups -OCH3 is 1. The van der Waals surface area contributed by atoms with Crippen LogP contribution in [0.3, 0.4) is 0 Å². The summed E-state index contributed by atoms with van der Waals surface area (Å²) in [7, 11) is 1.52. The van der Waals surface area contributed by atoms with E-state index in [1.807, 2.05) is 0 Å². The van der Waals surface area contributed by atoms with Crippen LogP contribution in [-0.2, 0) is 16.1 Å². The minimum absolute atomic E-state index is 0.00776. The van der Waals surface area contributed by atoms with Crippen LogP contribution >= 0.6 is 0 Å². The van der Waals surface area contributed by atoms with Gasteiger partial charge in [-0.1, -0.05) is 0 Å². The third-order valence-electron chi connectivity index (χ3n) is 5.65. The number of fused-ring (bicyclic) bond motifs is 1. The van der Waals surface area contributed by atoms with Gasteiger partial charge in [-0.25, -0.2) is 13.8 Å². The third kappa shape index (κ3) is 3.83. The molecule has 2 aromatic rings. The number of hydrogen-bond acceptors (Lipinski definition) is 5. The number of imidazole rings is 1. The van der Waals surface area contributed by atoms with Gasteiger partial charge in [0.1, 0.15) is 22.9 Å². The van der Waals surface area contributed by atoms with E-state index >= 15 is 0 Å². The van der Waals surface area contributed by atoms with Gasteiger partial charge in [-0.05, 0) is 31.9 Å². The molecule has 1 aliphatic carbocycles. The first-order chi connectivity index (χ1) is 15.3. The number of benzene rings is 1. The molecular weight excluding hydrogens is 424 g/mol. The lowest BCUT2D eigenvalue weighted by molar-refractivity contribution is -0.133. The largest absolute Gasteiger partial charge is 0.383 e. The number of carbonyl (C=O) groups excluding carboxylic acids is 3. The van der Waals surface area contributed by atoms with Crippen molar-refractivity contribution in [2.24, 2.45) is 0 Å². The Morgan fingerprint density at radius 1 is 1.31 bits per heavy atom. The average Bonchev–Trinajstić information content (AvgIpc) is 3.48. The molecule has 4 rings (SSSR count). The SMILES string of the molecule is COCCNC(=O)[C@]1(C)Cn2cnc(C(=O)Nc3cc(F)ccc3F)c2C(=O)N1C1CC1. The van der Waals surface area contributed by atoms with Crippen LogP contribution in [0.25, 0.3) is 0 Å². The summed E-state index contributed by atoms with van der Waals surface area (Å²) in [6.07, 6.45) is 2.79. The van der Waals surface area contributed by atoms with Crippen LogP contribution < -0.4 is 10.6 Å². The van der Waals surface area contributed by atoms with Crippen molar-refractivity contribution in [2.75, 3.05) is 25.6 Å². The van der Waals surface area contributed by atoms with Gasteiger partial charge in [0.25, 0.3) is 11.8 Å². The number of rotatable bonds is 7. The maximum Gasteiger partial charge on any atom is 0.276 e. The molecular formula is C21H23F2N5O4. The zero-order valence-corrected chi connectivity index (χ0v) is 17.7. The lowest BCUT2D eigenvalue weighted by Gasteiger charge is -2.44. The van der Waals surface area contributed by atoms with Gasteiger partial charge in [-0.2, -0.15) is 0 Å². The molecule has 1 saturated carbocycles. The van der Waals surface area contributed by atoms with E-state index in [0.29, 0.717) is 13.2 Å². The first-order valence-electron chi connectivity index (χ1n) is 10.2. The molecule has 0 bridgehead atoms. The lowest BCUT2D eigenvalue weighted by Crippen LogP contribution is -2.65. The van der Waals surface area contributed by atoms with E-state index in [9.17, 15) is 23.2 Å². The topological polar surface area (TPSA) is 106 Å². The first kappa shape index (κ1) is 21.9. The second kappa shape index (κ2) is 8.30. The molecule has 0 saturated heterocycles. The minimum atomic E-state index is -1.18. The van der Waals surface area contributed by atoms with Crippen molar-refractivity contribution in [3.8, 4) is 0 Å². The average molecular weight is 447 g/mol. The van der Waals surface area contributed by atoms with Gasteiger partial charge in [0, 0.05) is 25.8 Å². The van der Waals surface area contributed by atoms with Crippen molar-refractivity contribution in [1.82, 2.24) is 19.8 Å². The minimum Gasteiger partial charge on any atom is -0.383 e. The summed E-state index contributed by atoms with van der Waals surface area (Å²) in [6, 6.07) is 2.54. The summed E-state index contributed by atoms with van der Waals surface area (Å²) in [5, 5.41) is 5.05. The fraction of sp³-hybridized carbons (Fsp3) is 0.429. The van der Waals surface area contributed by atoms with Gasteiger partial charge >= 0.3 is 0 Å². The molecule has 2 N–H and O–H groups in total. The van der Waals surface area contributed by atoms with Crippen molar-refractivity contribution < 1.29 is 27.9 Å². The van der Waals surface area contributed by atoms with Crippen LogP contribution in [0.1, 0.15) is 40.7 Å². The Kier molecular flexibility index (Phi) is 5.68. The zero-order chi connectivity index (χ0) is 23.0. The van der Waals surface area contributed by atoms with Gasteiger partial charge in [0.05, 0.1) is 25.2 Å². The van der Waals surface area contributed by atoms with Crippen molar-refractivity contribution in [2.45, 2.75) is 37.9 Å². The lowest BCUT2D eigenvalue weighted by atomic mass is 9.94. The highest BCUT2D eigenvalue weighted by molar-refractivity contribution is 6.11. The Balaban J connectivity index is 1.64. The van der Waals surface area contributed by atoms with E-state index in [2.05, 4.69) is 15.6 Å². The summed E-state index contributed by atoms with van der Waals surface area (Å²) in [5.41, 5.74) is -1.75. The Bertz CT molecular complexity index is 1080. The number of amides is 3. The van der Waals surface area contributed by atoms with Crippen molar-refractivity contribution in [3.05, 3.63) is 47.5 Å². The highest BCUT2D eigenvalue weighted by atomic mass is 19.1. The second-order valence-electron chi connectivity index (χ2n) is 8.08. The number of aromatic nitrogens is 2. The molecule has 9 nitrogen and oxygen atoms in total. The predicted molar refractivity (Wildman–Crippen MR) is 109 cm³/mol. The maximum absolute atomic E-state index is 13.9. The first-order valence-corrected chi connectivity index (χ1v) is 10.2. The number of ether oxygens (including phenoxy) is 1. The molecule has 0 spiro atoms. The van der Waals surface area contributed by atoms with Crippen LogP contribution in [0.2, 0.25) is 0 Å². The van der Waals surface area contributed by atoms with Crippen molar-refractivity contribution in [1.29, 1.82) is 0 Å². The number of halogens is 2. The fourth-order valence-corrected chi connectivity index (χ4v) is 3.95. The molecule has 0 unspecified atom stereocenters. The highest BCUT2D eigenvalue weighted by Gasteiger charge is 2.53. The van der Waals surface area contributed by atoms with Crippen LogP contribution in [-0.4, -0.2) is 64.0 Å². The Morgan fingerprint density at radius 3 is 2.75 bits per heavy atom. The molecule has 3 amide bonds.